The van der Waals surface area contributed by atoms with Gasteiger partial charge < -0.3 is 0 Å². The number of rotatable bonds is 2. The third-order valence-corrected chi connectivity index (χ3v) is 1.14. The summed E-state index contributed by atoms with van der Waals surface area (Å²) >= 11 is 0. The van der Waals surface area contributed by atoms with Crippen molar-refractivity contribution in [3.63, 3.8) is 0 Å². The minimum atomic E-state index is -0.291. The van der Waals surface area contributed by atoms with Crippen LogP contribution in [0.2, 0.25) is 0 Å². The van der Waals surface area contributed by atoms with Crippen LogP contribution in [0.3, 0.4) is 0 Å². The Morgan fingerprint density at radius 1 is 1.33 bits per heavy atom. The fourth-order valence-electron chi connectivity index (χ4n) is 0.688. The molecule has 0 nitrogen and oxygen atoms in total. The third kappa shape index (κ3) is 6.88. The standard InChI is InChI=1S/C8H8F.C2H6.U/c9-7-6-8-4-2-1-3-5-8;1-2;/h1-4H,6-7H2;1-2H3;/q-1;;. The van der Waals surface area contributed by atoms with Crippen molar-refractivity contribution in [2.75, 3.05) is 6.67 Å². The first-order valence-electron chi connectivity index (χ1n) is 3.95. The first kappa shape index (κ1) is 14.7. The second-order valence-electron chi connectivity index (χ2n) is 1.83. The predicted molar refractivity (Wildman–Crippen MR) is 46.3 cm³/mol. The van der Waals surface area contributed by atoms with Crippen molar-refractivity contribution >= 4 is 0 Å². The summed E-state index contributed by atoms with van der Waals surface area (Å²) in [5.74, 6) is 0. The Morgan fingerprint density at radius 3 is 2.42 bits per heavy atom. The maximum Gasteiger partial charge on any atom is 0.0914 e. The van der Waals surface area contributed by atoms with Gasteiger partial charge in [0.2, 0.25) is 0 Å². The molecule has 0 aliphatic carbocycles. The molecular weight excluding hydrogens is 377 g/mol. The predicted octanol–water partition coefficient (Wildman–Crippen LogP) is 3.02. The van der Waals surface area contributed by atoms with E-state index in [2.05, 4.69) is 6.07 Å². The summed E-state index contributed by atoms with van der Waals surface area (Å²) in [5, 5.41) is 0. The zero-order valence-corrected chi connectivity index (χ0v) is 11.8. The van der Waals surface area contributed by atoms with Gasteiger partial charge >= 0.3 is 0 Å². The van der Waals surface area contributed by atoms with Gasteiger partial charge in [0, 0.05) is 31.1 Å². The number of hydrogen-bond donors (Lipinski definition) is 0. The van der Waals surface area contributed by atoms with Gasteiger partial charge in [-0.1, -0.05) is 13.8 Å². The molecule has 1 rings (SSSR count). The summed E-state index contributed by atoms with van der Waals surface area (Å²) in [6.45, 7) is 3.71. The second-order valence-corrected chi connectivity index (χ2v) is 1.83. The Kier molecular flexibility index (Phi) is 13.7. The van der Waals surface area contributed by atoms with Crippen LogP contribution in [0.4, 0.5) is 4.39 Å². The Labute approximate surface area is 97.9 Å². The summed E-state index contributed by atoms with van der Waals surface area (Å²) in [4.78, 5) is 0. The topological polar surface area (TPSA) is 0 Å². The van der Waals surface area contributed by atoms with E-state index >= 15 is 0 Å². The molecule has 0 aromatic heterocycles. The summed E-state index contributed by atoms with van der Waals surface area (Å²) < 4.78 is 11.7. The number of hydrogen-bond acceptors (Lipinski definition) is 0. The van der Waals surface area contributed by atoms with Crippen LogP contribution in [0.15, 0.2) is 24.3 Å². The average Bonchev–Trinajstić information content (AvgIpc) is 2.11. The Morgan fingerprint density at radius 2 is 2.00 bits per heavy atom. The summed E-state index contributed by atoms with van der Waals surface area (Å²) in [6.07, 6.45) is 0.487. The molecule has 0 N–H and O–H groups in total. The molecule has 1 aromatic rings. The molecule has 0 amide bonds. The second kappa shape index (κ2) is 11.2. The van der Waals surface area contributed by atoms with Gasteiger partial charge in [0.1, 0.15) is 0 Å². The fourth-order valence-corrected chi connectivity index (χ4v) is 0.688. The first-order valence-corrected chi connectivity index (χ1v) is 3.95. The van der Waals surface area contributed by atoms with Crippen LogP contribution in [0, 0.1) is 37.2 Å². The van der Waals surface area contributed by atoms with Crippen molar-refractivity contribution < 1.29 is 35.5 Å². The number of benzene rings is 1. The van der Waals surface area contributed by atoms with Crippen molar-refractivity contribution in [1.82, 2.24) is 0 Å². The van der Waals surface area contributed by atoms with Crippen molar-refractivity contribution in [1.29, 1.82) is 0 Å². The molecule has 1 aromatic carbocycles. The molecule has 12 heavy (non-hydrogen) atoms. The van der Waals surface area contributed by atoms with Gasteiger partial charge in [-0.3, -0.25) is 4.39 Å². The van der Waals surface area contributed by atoms with Crippen molar-refractivity contribution in [2.45, 2.75) is 20.3 Å². The van der Waals surface area contributed by atoms with Gasteiger partial charge in [-0.25, -0.2) is 0 Å². The molecule has 0 saturated heterocycles. The summed E-state index contributed by atoms with van der Waals surface area (Å²) in [5.41, 5.74) is 0.944. The van der Waals surface area contributed by atoms with E-state index in [1.54, 1.807) is 6.07 Å². The molecule has 0 aliphatic heterocycles. The molecule has 0 radical (unpaired) electrons. The molecule has 0 saturated carbocycles. The van der Waals surface area contributed by atoms with Gasteiger partial charge in [-0.05, 0) is 6.42 Å². The number of alkyl halides is 1. The zero-order valence-electron chi connectivity index (χ0n) is 7.60. The Hall–Kier alpha value is 0.202. The molecule has 66 valence electrons. The van der Waals surface area contributed by atoms with E-state index in [4.69, 9.17) is 0 Å². The maximum atomic E-state index is 11.7. The molecule has 0 aliphatic rings. The third-order valence-electron chi connectivity index (χ3n) is 1.14. The average molecular weight is 391 g/mol. The minimum absolute atomic E-state index is 0. The van der Waals surface area contributed by atoms with Crippen LogP contribution in [0.1, 0.15) is 19.4 Å². The van der Waals surface area contributed by atoms with Crippen LogP contribution < -0.4 is 0 Å². The first-order chi connectivity index (χ1) is 5.43. The normalized spacial score (nSPS) is 7.58. The molecule has 0 bridgehead atoms. The molecule has 0 fully saturated rings. The minimum Gasteiger partial charge on any atom is -0.251 e. The number of aryl methyl sites for hydroxylation is 1. The van der Waals surface area contributed by atoms with Crippen LogP contribution in [-0.2, 0) is 6.42 Å². The molecular formula is C10H14FU-. The van der Waals surface area contributed by atoms with E-state index in [0.29, 0.717) is 6.42 Å². The van der Waals surface area contributed by atoms with Gasteiger partial charge in [-0.15, -0.1) is 0 Å². The van der Waals surface area contributed by atoms with Crippen molar-refractivity contribution in [3.8, 4) is 0 Å². The van der Waals surface area contributed by atoms with E-state index in [9.17, 15) is 4.39 Å². The zero-order chi connectivity index (χ0) is 8.53. The largest absolute Gasteiger partial charge is 0.251 e. The monoisotopic (exact) mass is 391 g/mol. The van der Waals surface area contributed by atoms with Gasteiger partial charge in [0.25, 0.3) is 0 Å². The van der Waals surface area contributed by atoms with E-state index in [1.807, 2.05) is 32.0 Å². The molecule has 0 unspecified atom stereocenters. The van der Waals surface area contributed by atoms with Crippen LogP contribution in [0.25, 0.3) is 0 Å². The Balaban J connectivity index is 0. The van der Waals surface area contributed by atoms with Crippen LogP contribution in [-0.4, -0.2) is 6.67 Å². The van der Waals surface area contributed by atoms with Crippen LogP contribution in [0.5, 0.6) is 0 Å². The Bertz CT molecular complexity index is 163. The van der Waals surface area contributed by atoms with Crippen molar-refractivity contribution in [2.24, 2.45) is 0 Å². The van der Waals surface area contributed by atoms with Gasteiger partial charge in [0.05, 0.1) is 6.67 Å². The van der Waals surface area contributed by atoms with Crippen LogP contribution >= 0.6 is 0 Å². The molecule has 0 spiro atoms. The van der Waals surface area contributed by atoms with Crippen molar-refractivity contribution in [3.05, 3.63) is 35.9 Å². The smallest absolute Gasteiger partial charge is 0.0914 e. The maximum absolute atomic E-state index is 11.7. The fraction of sp³-hybridized carbons (Fsp3) is 0.400. The van der Waals surface area contributed by atoms with E-state index < -0.39 is 0 Å². The SMILES string of the molecule is CC.FCCc1[c-]cccc1.[U]. The molecule has 0 heterocycles. The van der Waals surface area contributed by atoms with E-state index in [0.717, 1.165) is 5.56 Å². The quantitative estimate of drug-likeness (QED) is 0.680. The number of halogens is 1. The summed E-state index contributed by atoms with van der Waals surface area (Å²) in [7, 11) is 0. The van der Waals surface area contributed by atoms with E-state index in [-0.39, 0.29) is 37.8 Å². The van der Waals surface area contributed by atoms with E-state index in [1.165, 1.54) is 0 Å². The summed E-state index contributed by atoms with van der Waals surface area (Å²) in [6, 6.07) is 10.4. The van der Waals surface area contributed by atoms with Gasteiger partial charge in [0.15, 0.2) is 0 Å². The molecule has 0 atom stereocenters. The molecule has 2 heteroatoms. The van der Waals surface area contributed by atoms with Gasteiger partial charge in [-0.2, -0.15) is 35.9 Å².